The van der Waals surface area contributed by atoms with Crippen LogP contribution in [-0.4, -0.2) is 17.9 Å². The van der Waals surface area contributed by atoms with Gasteiger partial charge in [-0.1, -0.05) is 24.3 Å². The fourth-order valence-corrected chi connectivity index (χ4v) is 2.94. The number of para-hydroxylation sites is 1. The number of carbonyl (C=O) groups is 2. The van der Waals surface area contributed by atoms with Crippen molar-refractivity contribution in [1.82, 2.24) is 0 Å². The molecule has 2 amide bonds. The van der Waals surface area contributed by atoms with Gasteiger partial charge in [0.15, 0.2) is 0 Å². The third kappa shape index (κ3) is 3.23. The minimum absolute atomic E-state index is 0.0295. The Kier molecular flexibility index (Phi) is 4.10. The first-order valence-corrected chi connectivity index (χ1v) is 7.50. The minimum Gasteiger partial charge on any atom is -0.326 e. The highest BCUT2D eigenvalue weighted by Gasteiger charge is 2.31. The predicted octanol–water partition coefficient (Wildman–Crippen LogP) is 3.13. The number of nitrogens with zero attached hydrogens (tertiary/aromatic N) is 1. The normalized spacial score (nSPS) is 16.1. The molecule has 0 fully saturated rings. The Morgan fingerprint density at radius 1 is 1.22 bits per heavy atom. The van der Waals surface area contributed by atoms with Crippen LogP contribution in [0.1, 0.15) is 18.9 Å². The zero-order chi connectivity index (χ0) is 16.4. The van der Waals surface area contributed by atoms with Gasteiger partial charge in [0.1, 0.15) is 12.2 Å². The monoisotopic (exact) mass is 312 g/mol. The first-order chi connectivity index (χ1) is 11.0. The molecule has 3 rings (SSSR count). The van der Waals surface area contributed by atoms with Gasteiger partial charge < -0.3 is 10.2 Å². The van der Waals surface area contributed by atoms with Crippen molar-refractivity contribution in [3.05, 3.63) is 59.9 Å². The number of amides is 2. The molecule has 0 saturated heterocycles. The van der Waals surface area contributed by atoms with Crippen LogP contribution in [0.5, 0.6) is 0 Å². The van der Waals surface area contributed by atoms with Crippen molar-refractivity contribution in [1.29, 1.82) is 0 Å². The van der Waals surface area contributed by atoms with Crippen LogP contribution in [0.15, 0.2) is 48.5 Å². The molecule has 118 valence electrons. The summed E-state index contributed by atoms with van der Waals surface area (Å²) in [5, 5.41) is 2.55. The van der Waals surface area contributed by atoms with Gasteiger partial charge in [-0.2, -0.15) is 0 Å². The lowest BCUT2D eigenvalue weighted by atomic mass is 10.1. The molecule has 23 heavy (non-hydrogen) atoms. The lowest BCUT2D eigenvalue weighted by molar-refractivity contribution is -0.125. The Bertz CT molecular complexity index is 760. The number of benzene rings is 2. The van der Waals surface area contributed by atoms with Gasteiger partial charge in [0, 0.05) is 17.4 Å². The summed E-state index contributed by atoms with van der Waals surface area (Å²) in [6.45, 7) is 1.96. The van der Waals surface area contributed by atoms with E-state index >= 15 is 0 Å². The van der Waals surface area contributed by atoms with E-state index in [2.05, 4.69) is 5.32 Å². The molecule has 1 heterocycles. The van der Waals surface area contributed by atoms with Crippen molar-refractivity contribution in [3.8, 4) is 0 Å². The van der Waals surface area contributed by atoms with Crippen LogP contribution >= 0.6 is 0 Å². The molecule has 1 atom stereocenters. The topological polar surface area (TPSA) is 49.4 Å². The average molecular weight is 312 g/mol. The molecule has 5 heteroatoms. The highest BCUT2D eigenvalue weighted by molar-refractivity contribution is 6.10. The molecule has 0 radical (unpaired) electrons. The molecular weight excluding hydrogens is 295 g/mol. The standard InChI is InChI=1S/C18H17FN2O2/c1-12-9-13-5-2-3-8-16(13)21(12)18(23)11-17(22)20-15-7-4-6-14(19)10-15/h2-8,10,12H,9,11H2,1H3,(H,20,22). The fraction of sp³-hybridized carbons (Fsp3) is 0.222. The molecule has 0 aliphatic carbocycles. The van der Waals surface area contributed by atoms with E-state index in [9.17, 15) is 14.0 Å². The number of carbonyl (C=O) groups excluding carboxylic acids is 2. The number of nitrogens with one attached hydrogen (secondary N) is 1. The second-order valence-electron chi connectivity index (χ2n) is 5.68. The van der Waals surface area contributed by atoms with Crippen LogP contribution in [-0.2, 0) is 16.0 Å². The van der Waals surface area contributed by atoms with Crippen molar-refractivity contribution in [2.45, 2.75) is 25.8 Å². The summed E-state index contributed by atoms with van der Waals surface area (Å²) >= 11 is 0. The molecule has 1 aliphatic heterocycles. The SMILES string of the molecule is CC1Cc2ccccc2N1C(=O)CC(=O)Nc1cccc(F)c1. The maximum atomic E-state index is 13.1. The molecule has 0 spiro atoms. The van der Waals surface area contributed by atoms with Gasteiger partial charge in [0.05, 0.1) is 0 Å². The number of anilines is 2. The third-order valence-corrected chi connectivity index (χ3v) is 3.90. The largest absolute Gasteiger partial charge is 0.326 e. The van der Waals surface area contributed by atoms with Crippen molar-refractivity contribution in [3.63, 3.8) is 0 Å². The van der Waals surface area contributed by atoms with Gasteiger partial charge in [-0.15, -0.1) is 0 Å². The van der Waals surface area contributed by atoms with Gasteiger partial charge in [-0.05, 0) is 43.2 Å². The van der Waals surface area contributed by atoms with Gasteiger partial charge in [0.25, 0.3) is 0 Å². The molecule has 1 N–H and O–H groups in total. The van der Waals surface area contributed by atoms with Crippen LogP contribution in [0, 0.1) is 5.82 Å². The van der Waals surface area contributed by atoms with E-state index in [4.69, 9.17) is 0 Å². The van der Waals surface area contributed by atoms with Crippen LogP contribution in [0.3, 0.4) is 0 Å². The first kappa shape index (κ1) is 15.2. The van der Waals surface area contributed by atoms with E-state index in [0.717, 1.165) is 17.7 Å². The van der Waals surface area contributed by atoms with Gasteiger partial charge in [0.2, 0.25) is 11.8 Å². The lowest BCUT2D eigenvalue weighted by Crippen LogP contribution is -2.37. The Morgan fingerprint density at radius 3 is 2.78 bits per heavy atom. The number of halogens is 1. The number of rotatable bonds is 3. The van der Waals surface area contributed by atoms with Crippen LogP contribution in [0.2, 0.25) is 0 Å². The molecule has 0 bridgehead atoms. The zero-order valence-corrected chi connectivity index (χ0v) is 12.8. The summed E-state index contributed by atoms with van der Waals surface area (Å²) in [4.78, 5) is 26.2. The van der Waals surface area contributed by atoms with Gasteiger partial charge >= 0.3 is 0 Å². The molecule has 1 aliphatic rings. The smallest absolute Gasteiger partial charge is 0.236 e. The molecule has 4 nitrogen and oxygen atoms in total. The molecule has 2 aromatic rings. The van der Waals surface area contributed by atoms with Crippen molar-refractivity contribution >= 4 is 23.2 Å². The van der Waals surface area contributed by atoms with E-state index in [1.54, 1.807) is 11.0 Å². The van der Waals surface area contributed by atoms with Crippen LogP contribution in [0.25, 0.3) is 0 Å². The van der Waals surface area contributed by atoms with Crippen molar-refractivity contribution in [2.24, 2.45) is 0 Å². The van der Waals surface area contributed by atoms with E-state index in [1.165, 1.54) is 18.2 Å². The van der Waals surface area contributed by atoms with Gasteiger partial charge in [-0.3, -0.25) is 9.59 Å². The number of hydrogen-bond donors (Lipinski definition) is 1. The second-order valence-corrected chi connectivity index (χ2v) is 5.68. The van der Waals surface area contributed by atoms with E-state index in [-0.39, 0.29) is 18.4 Å². The summed E-state index contributed by atoms with van der Waals surface area (Å²) in [7, 11) is 0. The predicted molar refractivity (Wildman–Crippen MR) is 86.7 cm³/mol. The van der Waals surface area contributed by atoms with Crippen molar-refractivity contribution < 1.29 is 14.0 Å². The third-order valence-electron chi connectivity index (χ3n) is 3.90. The average Bonchev–Trinajstić information content (AvgIpc) is 2.82. The van der Waals surface area contributed by atoms with E-state index in [0.29, 0.717) is 5.69 Å². The summed E-state index contributed by atoms with van der Waals surface area (Å²) in [5.74, 6) is -1.13. The minimum atomic E-state index is -0.447. The van der Waals surface area contributed by atoms with E-state index in [1.807, 2.05) is 31.2 Å². The quantitative estimate of drug-likeness (QED) is 0.885. The zero-order valence-electron chi connectivity index (χ0n) is 12.8. The second kappa shape index (κ2) is 6.20. The lowest BCUT2D eigenvalue weighted by Gasteiger charge is -2.22. The first-order valence-electron chi connectivity index (χ1n) is 7.50. The highest BCUT2D eigenvalue weighted by Crippen LogP contribution is 2.32. The van der Waals surface area contributed by atoms with Crippen LogP contribution < -0.4 is 10.2 Å². The summed E-state index contributed by atoms with van der Waals surface area (Å²) < 4.78 is 13.1. The Morgan fingerprint density at radius 2 is 2.00 bits per heavy atom. The maximum Gasteiger partial charge on any atom is 0.236 e. The maximum absolute atomic E-state index is 13.1. The van der Waals surface area contributed by atoms with Gasteiger partial charge in [-0.25, -0.2) is 4.39 Å². The molecule has 2 aromatic carbocycles. The Balaban J connectivity index is 1.68. The highest BCUT2D eigenvalue weighted by atomic mass is 19.1. The molecule has 0 aromatic heterocycles. The molecule has 0 saturated carbocycles. The summed E-state index contributed by atoms with van der Waals surface area (Å²) in [5.41, 5.74) is 2.32. The molecule has 1 unspecified atom stereocenters. The summed E-state index contributed by atoms with van der Waals surface area (Å²) in [6.07, 6.45) is 0.516. The summed E-state index contributed by atoms with van der Waals surface area (Å²) in [6, 6.07) is 13.3. The van der Waals surface area contributed by atoms with Crippen LogP contribution in [0.4, 0.5) is 15.8 Å². The fourth-order valence-electron chi connectivity index (χ4n) is 2.94. The molecular formula is C18H17FN2O2. The number of hydrogen-bond acceptors (Lipinski definition) is 2. The van der Waals surface area contributed by atoms with Crippen molar-refractivity contribution in [2.75, 3.05) is 10.2 Å². The Labute approximate surface area is 133 Å². The van der Waals surface area contributed by atoms with E-state index < -0.39 is 11.7 Å². The number of fused-ring (bicyclic) bond motifs is 1. The Hall–Kier alpha value is -2.69.